The van der Waals surface area contributed by atoms with E-state index in [0.717, 1.165) is 0 Å². The quantitative estimate of drug-likeness (QED) is 0.348. The van der Waals surface area contributed by atoms with Crippen molar-refractivity contribution in [3.05, 3.63) is 43.0 Å². The van der Waals surface area contributed by atoms with Crippen molar-refractivity contribution in [3.8, 4) is 0 Å². The van der Waals surface area contributed by atoms with Gasteiger partial charge in [0.25, 0.3) is 0 Å². The highest BCUT2D eigenvalue weighted by Gasteiger charge is 2.81. The number of fused-ring (bicyclic) bond motifs is 3. The molecule has 0 amide bonds. The van der Waals surface area contributed by atoms with Gasteiger partial charge < -0.3 is 30.1 Å². The normalized spacial score (nSPS) is 43.6. The van der Waals surface area contributed by atoms with Crippen molar-refractivity contribution >= 4 is 17.4 Å². The molecule has 9 atom stereocenters. The SMILES string of the molecule is C=C[C@@]1(C)CC(=O)[C@]2(O)[C@@]3(C)[C@@H](O)CCC(C)(C)[C@@H]3[C@H](O)[C@H](OC(=O)C(C)Nc3ccccc3)[C@@]2(C)O1. The number of anilines is 1. The summed E-state index contributed by atoms with van der Waals surface area (Å²) in [7, 11) is 0. The molecule has 4 rings (SSSR count). The molecule has 0 radical (unpaired) electrons. The van der Waals surface area contributed by atoms with E-state index in [4.69, 9.17) is 9.47 Å². The molecule has 0 bridgehead atoms. The third-order valence-electron chi connectivity index (χ3n) is 9.48. The number of hydrogen-bond acceptors (Lipinski definition) is 8. The van der Waals surface area contributed by atoms with Crippen LogP contribution in [-0.2, 0) is 19.1 Å². The predicted octanol–water partition coefficient (Wildman–Crippen LogP) is 3.00. The maximum atomic E-state index is 13.9. The number of para-hydroxylation sites is 1. The van der Waals surface area contributed by atoms with Crippen LogP contribution in [0.4, 0.5) is 5.69 Å². The van der Waals surface area contributed by atoms with Gasteiger partial charge in [-0.25, -0.2) is 4.79 Å². The molecule has 1 aromatic rings. The maximum absolute atomic E-state index is 13.9. The van der Waals surface area contributed by atoms with E-state index < -0.39 is 69.7 Å². The highest BCUT2D eigenvalue weighted by atomic mass is 16.6. The van der Waals surface area contributed by atoms with Crippen LogP contribution < -0.4 is 5.32 Å². The van der Waals surface area contributed by atoms with Crippen molar-refractivity contribution < 1.29 is 34.4 Å². The molecule has 1 saturated heterocycles. The van der Waals surface area contributed by atoms with Crippen LogP contribution in [-0.4, -0.2) is 68.2 Å². The Balaban J connectivity index is 1.81. The van der Waals surface area contributed by atoms with E-state index in [1.54, 1.807) is 20.8 Å². The minimum Gasteiger partial charge on any atom is -0.455 e. The fourth-order valence-electron chi connectivity index (χ4n) is 7.55. The molecule has 1 aliphatic heterocycles. The highest BCUT2D eigenvalue weighted by molar-refractivity contribution is 5.92. The van der Waals surface area contributed by atoms with E-state index in [9.17, 15) is 24.9 Å². The van der Waals surface area contributed by atoms with Crippen molar-refractivity contribution in [1.82, 2.24) is 0 Å². The van der Waals surface area contributed by atoms with E-state index in [0.29, 0.717) is 18.5 Å². The second kappa shape index (κ2) is 8.90. The molecule has 37 heavy (non-hydrogen) atoms. The average molecular weight is 516 g/mol. The van der Waals surface area contributed by atoms with Crippen molar-refractivity contribution in [2.24, 2.45) is 16.7 Å². The molecule has 4 N–H and O–H groups in total. The van der Waals surface area contributed by atoms with E-state index in [1.807, 2.05) is 44.2 Å². The van der Waals surface area contributed by atoms with Gasteiger partial charge in [-0.3, -0.25) is 4.79 Å². The number of hydrogen-bond donors (Lipinski definition) is 4. The summed E-state index contributed by atoms with van der Waals surface area (Å²) in [4.78, 5) is 27.3. The summed E-state index contributed by atoms with van der Waals surface area (Å²) in [6.45, 7) is 14.2. The monoisotopic (exact) mass is 515 g/mol. The van der Waals surface area contributed by atoms with Gasteiger partial charge >= 0.3 is 5.97 Å². The van der Waals surface area contributed by atoms with Crippen LogP contribution in [0.15, 0.2) is 43.0 Å². The highest BCUT2D eigenvalue weighted by Crippen LogP contribution is 2.67. The number of nitrogens with one attached hydrogen (secondary N) is 1. The van der Waals surface area contributed by atoms with Crippen LogP contribution in [0.25, 0.3) is 0 Å². The van der Waals surface area contributed by atoms with Gasteiger partial charge in [-0.15, -0.1) is 6.58 Å². The fourth-order valence-corrected chi connectivity index (χ4v) is 7.55. The number of benzene rings is 1. The average Bonchev–Trinajstić information content (AvgIpc) is 2.82. The summed E-state index contributed by atoms with van der Waals surface area (Å²) in [6.07, 6.45) is -1.58. The van der Waals surface area contributed by atoms with Gasteiger partial charge in [-0.2, -0.15) is 0 Å². The van der Waals surface area contributed by atoms with Crippen molar-refractivity contribution in [3.63, 3.8) is 0 Å². The lowest BCUT2D eigenvalue weighted by Gasteiger charge is -2.71. The number of rotatable bonds is 5. The summed E-state index contributed by atoms with van der Waals surface area (Å²) in [5, 5.41) is 38.8. The first-order chi connectivity index (χ1) is 17.1. The van der Waals surface area contributed by atoms with Crippen LogP contribution in [0.1, 0.15) is 60.8 Å². The molecule has 3 fully saturated rings. The van der Waals surface area contributed by atoms with Gasteiger partial charge in [0.15, 0.2) is 17.5 Å². The molecule has 8 nitrogen and oxygen atoms in total. The second-order valence-corrected chi connectivity index (χ2v) is 12.4. The first-order valence-corrected chi connectivity index (χ1v) is 13.0. The van der Waals surface area contributed by atoms with Crippen molar-refractivity contribution in [1.29, 1.82) is 0 Å². The molecule has 1 aromatic carbocycles. The Morgan fingerprint density at radius 1 is 1.19 bits per heavy atom. The van der Waals surface area contributed by atoms with Crippen LogP contribution >= 0.6 is 0 Å². The number of carbonyl (C=O) groups excluding carboxylic acids is 2. The van der Waals surface area contributed by atoms with Gasteiger partial charge in [-0.1, -0.05) is 45.0 Å². The van der Waals surface area contributed by atoms with Gasteiger partial charge in [0.05, 0.1) is 17.8 Å². The zero-order valence-corrected chi connectivity index (χ0v) is 22.7. The van der Waals surface area contributed by atoms with E-state index >= 15 is 0 Å². The smallest absolute Gasteiger partial charge is 0.328 e. The predicted molar refractivity (Wildman–Crippen MR) is 139 cm³/mol. The lowest BCUT2D eigenvalue weighted by atomic mass is 9.40. The first-order valence-electron chi connectivity index (χ1n) is 13.0. The Bertz CT molecular complexity index is 1080. The van der Waals surface area contributed by atoms with E-state index in [2.05, 4.69) is 11.9 Å². The summed E-state index contributed by atoms with van der Waals surface area (Å²) in [6, 6.07) is 8.36. The molecular weight excluding hydrogens is 474 g/mol. The number of carbonyl (C=O) groups is 2. The van der Waals surface area contributed by atoms with Gasteiger partial charge in [0, 0.05) is 23.4 Å². The Hall–Kier alpha value is -2.26. The molecule has 1 unspecified atom stereocenters. The number of ether oxygens (including phenoxy) is 2. The third kappa shape index (κ3) is 3.87. The number of ketones is 1. The zero-order valence-electron chi connectivity index (χ0n) is 22.7. The van der Waals surface area contributed by atoms with Crippen molar-refractivity contribution in [2.45, 2.75) is 102 Å². The van der Waals surface area contributed by atoms with Crippen LogP contribution in [0.5, 0.6) is 0 Å². The summed E-state index contributed by atoms with van der Waals surface area (Å²) >= 11 is 0. The fraction of sp³-hybridized carbons (Fsp3) is 0.655. The minimum absolute atomic E-state index is 0.166. The minimum atomic E-state index is -2.25. The second-order valence-electron chi connectivity index (χ2n) is 12.4. The molecule has 8 heteroatoms. The van der Waals surface area contributed by atoms with Crippen LogP contribution in [0.2, 0.25) is 0 Å². The Labute approximate surface area is 219 Å². The number of esters is 1. The van der Waals surface area contributed by atoms with Crippen molar-refractivity contribution in [2.75, 3.05) is 5.32 Å². The lowest BCUT2D eigenvalue weighted by Crippen LogP contribution is -2.86. The number of Topliss-reactive ketones (excluding diaryl/α,β-unsaturated/α-hetero) is 1. The Kier molecular flexibility index (Phi) is 6.68. The molecule has 2 aliphatic carbocycles. The molecule has 1 heterocycles. The first kappa shape index (κ1) is 27.8. The van der Waals surface area contributed by atoms with Gasteiger partial charge in [0.1, 0.15) is 11.6 Å². The molecule has 0 spiro atoms. The standard InChI is InChI=1S/C29H41NO7/c1-8-26(5)16-20(32)29(35)27(6)19(31)14-15-25(3,4)22(27)21(33)23(28(29,7)37-26)36-24(34)17(2)30-18-12-10-9-11-13-18/h8-13,17,19,21-23,30-31,33,35H,1,14-16H2,2-7H3/t17?,19-,21-,22-,23-,26-,27-,28+,29-/m0/s1. The molecular formula is C29H41NO7. The number of aliphatic hydroxyl groups excluding tert-OH is 2. The molecule has 2 saturated carbocycles. The number of aliphatic hydroxyl groups is 3. The van der Waals surface area contributed by atoms with Gasteiger partial charge in [0.2, 0.25) is 0 Å². The Morgan fingerprint density at radius 3 is 2.41 bits per heavy atom. The summed E-state index contributed by atoms with van der Waals surface area (Å²) < 4.78 is 12.4. The molecule has 204 valence electrons. The Morgan fingerprint density at radius 2 is 1.81 bits per heavy atom. The van der Waals surface area contributed by atoms with Crippen LogP contribution in [0.3, 0.4) is 0 Å². The molecule has 3 aliphatic rings. The van der Waals surface area contributed by atoms with Crippen LogP contribution in [0, 0.1) is 16.7 Å². The topological polar surface area (TPSA) is 125 Å². The lowest BCUT2D eigenvalue weighted by molar-refractivity contribution is -0.370. The van der Waals surface area contributed by atoms with Gasteiger partial charge in [-0.05, 0) is 51.2 Å². The zero-order chi connectivity index (χ0) is 27.6. The largest absolute Gasteiger partial charge is 0.455 e. The van der Waals surface area contributed by atoms with E-state index in [1.165, 1.54) is 13.0 Å². The molecule has 0 aromatic heterocycles. The summed E-state index contributed by atoms with van der Waals surface area (Å²) in [5.41, 5.74) is -6.61. The summed E-state index contributed by atoms with van der Waals surface area (Å²) in [5.74, 6) is -1.97. The van der Waals surface area contributed by atoms with E-state index in [-0.39, 0.29) is 6.42 Å². The third-order valence-corrected chi connectivity index (χ3v) is 9.48. The maximum Gasteiger partial charge on any atom is 0.328 e.